The van der Waals surface area contributed by atoms with Crippen LogP contribution in [0.4, 0.5) is 0 Å². The smallest absolute Gasteiger partial charge is 0.146 e. The molecule has 0 aromatic heterocycles. The van der Waals surface area contributed by atoms with Crippen LogP contribution in [0.2, 0.25) is 0 Å². The Balaban J connectivity index is 2.30. The van der Waals surface area contributed by atoms with E-state index < -0.39 is 0 Å². The maximum Gasteiger partial charge on any atom is 0.146 e. The van der Waals surface area contributed by atoms with Gasteiger partial charge in [0.1, 0.15) is 13.6 Å². The summed E-state index contributed by atoms with van der Waals surface area (Å²) < 4.78 is 20.1. The average Bonchev–Trinajstić information content (AvgIpc) is 2.32. The predicted octanol–water partition coefficient (Wildman–Crippen LogP) is 1.93. The summed E-state index contributed by atoms with van der Waals surface area (Å²) in [5, 5.41) is 0. The van der Waals surface area contributed by atoms with E-state index in [4.69, 9.17) is 18.9 Å². The monoisotopic (exact) mass is 226 g/mol. The molecule has 0 aliphatic rings. The van der Waals surface area contributed by atoms with Crippen LogP contribution < -0.4 is 0 Å². The Kier molecular flexibility index (Phi) is 6.76. The number of methoxy groups -OCH3 is 2. The van der Waals surface area contributed by atoms with Crippen molar-refractivity contribution in [2.45, 2.75) is 13.2 Å². The molecule has 90 valence electrons. The van der Waals surface area contributed by atoms with Crippen molar-refractivity contribution in [3.63, 3.8) is 0 Å². The van der Waals surface area contributed by atoms with Crippen LogP contribution in [0.1, 0.15) is 11.1 Å². The zero-order valence-electron chi connectivity index (χ0n) is 9.77. The van der Waals surface area contributed by atoms with Crippen molar-refractivity contribution in [2.24, 2.45) is 0 Å². The molecule has 0 spiro atoms. The predicted molar refractivity (Wildman–Crippen MR) is 59.8 cm³/mol. The second-order valence-electron chi connectivity index (χ2n) is 3.33. The van der Waals surface area contributed by atoms with Gasteiger partial charge in [-0.25, -0.2) is 0 Å². The van der Waals surface area contributed by atoms with Crippen LogP contribution in [-0.2, 0) is 32.2 Å². The Hall–Kier alpha value is -0.940. The quantitative estimate of drug-likeness (QED) is 0.501. The van der Waals surface area contributed by atoms with Gasteiger partial charge in [-0.2, -0.15) is 0 Å². The summed E-state index contributed by atoms with van der Waals surface area (Å²) >= 11 is 0. The first-order chi connectivity index (χ1) is 7.86. The van der Waals surface area contributed by atoms with E-state index in [0.29, 0.717) is 26.8 Å². The number of hydrogen-bond acceptors (Lipinski definition) is 4. The van der Waals surface area contributed by atoms with Crippen LogP contribution in [0.25, 0.3) is 0 Å². The van der Waals surface area contributed by atoms with Gasteiger partial charge in [-0.1, -0.05) is 24.3 Å². The molecule has 4 nitrogen and oxygen atoms in total. The van der Waals surface area contributed by atoms with Crippen LogP contribution in [0.5, 0.6) is 0 Å². The minimum absolute atomic E-state index is 0.318. The molecule has 16 heavy (non-hydrogen) atoms. The number of ether oxygens (including phenoxy) is 4. The van der Waals surface area contributed by atoms with E-state index in [2.05, 4.69) is 0 Å². The Labute approximate surface area is 96.1 Å². The number of rotatable bonds is 8. The van der Waals surface area contributed by atoms with Crippen molar-refractivity contribution in [3.8, 4) is 0 Å². The lowest BCUT2D eigenvalue weighted by Crippen LogP contribution is -1.99. The van der Waals surface area contributed by atoms with E-state index in [1.165, 1.54) is 0 Å². The Morgan fingerprint density at radius 3 is 1.44 bits per heavy atom. The zero-order chi connectivity index (χ0) is 11.6. The van der Waals surface area contributed by atoms with Gasteiger partial charge in [0.25, 0.3) is 0 Å². The molecule has 1 rings (SSSR count). The largest absolute Gasteiger partial charge is 0.359 e. The molecule has 0 unspecified atom stereocenters. The maximum absolute atomic E-state index is 5.23. The Bertz CT molecular complexity index is 242. The normalized spacial score (nSPS) is 10.6. The van der Waals surface area contributed by atoms with E-state index in [1.807, 2.05) is 24.3 Å². The van der Waals surface area contributed by atoms with Gasteiger partial charge in [-0.3, -0.25) is 0 Å². The second-order valence-corrected chi connectivity index (χ2v) is 3.33. The molecule has 0 saturated carbocycles. The molecular weight excluding hydrogens is 208 g/mol. The molecule has 0 N–H and O–H groups in total. The highest BCUT2D eigenvalue weighted by Gasteiger charge is 1.95. The molecule has 0 fully saturated rings. The van der Waals surface area contributed by atoms with Crippen molar-refractivity contribution in [2.75, 3.05) is 27.8 Å². The standard InChI is InChI=1S/C12H18O4/c1-13-9-15-7-11-3-5-12(6-4-11)8-16-10-14-2/h3-6H,7-10H2,1-2H3. The molecule has 1 aromatic carbocycles. The fourth-order valence-corrected chi connectivity index (χ4v) is 1.22. The Morgan fingerprint density at radius 1 is 0.750 bits per heavy atom. The molecule has 0 radical (unpaired) electrons. The first-order valence-electron chi connectivity index (χ1n) is 5.08. The number of benzene rings is 1. The molecule has 0 amide bonds. The molecule has 0 aliphatic carbocycles. The first-order valence-corrected chi connectivity index (χ1v) is 5.08. The highest BCUT2D eigenvalue weighted by Crippen LogP contribution is 2.07. The highest BCUT2D eigenvalue weighted by molar-refractivity contribution is 5.21. The van der Waals surface area contributed by atoms with Gasteiger partial charge in [0.2, 0.25) is 0 Å². The Morgan fingerprint density at radius 2 is 1.12 bits per heavy atom. The van der Waals surface area contributed by atoms with Crippen molar-refractivity contribution in [1.82, 2.24) is 0 Å². The van der Waals surface area contributed by atoms with Crippen molar-refractivity contribution < 1.29 is 18.9 Å². The van der Waals surface area contributed by atoms with E-state index in [0.717, 1.165) is 11.1 Å². The lowest BCUT2D eigenvalue weighted by molar-refractivity contribution is -0.0399. The van der Waals surface area contributed by atoms with Gasteiger partial charge in [0, 0.05) is 14.2 Å². The summed E-state index contributed by atoms with van der Waals surface area (Å²) in [5.74, 6) is 0. The van der Waals surface area contributed by atoms with Crippen molar-refractivity contribution in [3.05, 3.63) is 35.4 Å². The summed E-state index contributed by atoms with van der Waals surface area (Å²) in [7, 11) is 3.21. The second kappa shape index (κ2) is 8.24. The fourth-order valence-electron chi connectivity index (χ4n) is 1.22. The van der Waals surface area contributed by atoms with Crippen LogP contribution in [0, 0.1) is 0 Å². The van der Waals surface area contributed by atoms with Crippen molar-refractivity contribution in [1.29, 1.82) is 0 Å². The third-order valence-electron chi connectivity index (χ3n) is 1.96. The van der Waals surface area contributed by atoms with Crippen LogP contribution in [-0.4, -0.2) is 27.8 Å². The van der Waals surface area contributed by atoms with E-state index in [1.54, 1.807) is 14.2 Å². The van der Waals surface area contributed by atoms with E-state index in [9.17, 15) is 0 Å². The summed E-state index contributed by atoms with van der Waals surface area (Å²) in [5.41, 5.74) is 2.24. The van der Waals surface area contributed by atoms with Gasteiger partial charge in [-0.15, -0.1) is 0 Å². The summed E-state index contributed by atoms with van der Waals surface area (Å²) in [6, 6.07) is 8.06. The third kappa shape index (κ3) is 5.23. The summed E-state index contributed by atoms with van der Waals surface area (Å²) in [6.07, 6.45) is 0. The zero-order valence-corrected chi connectivity index (χ0v) is 9.77. The molecule has 1 aromatic rings. The summed E-state index contributed by atoms with van der Waals surface area (Å²) in [4.78, 5) is 0. The fraction of sp³-hybridized carbons (Fsp3) is 0.500. The van der Waals surface area contributed by atoms with Gasteiger partial charge in [-0.05, 0) is 11.1 Å². The molecule has 0 saturated heterocycles. The lowest BCUT2D eigenvalue weighted by Gasteiger charge is -2.05. The maximum atomic E-state index is 5.23. The third-order valence-corrected chi connectivity index (χ3v) is 1.96. The SMILES string of the molecule is COCOCc1ccc(COCOC)cc1. The molecule has 0 bridgehead atoms. The number of hydrogen-bond donors (Lipinski definition) is 0. The first kappa shape index (κ1) is 13.1. The molecule has 4 heteroatoms. The average molecular weight is 226 g/mol. The van der Waals surface area contributed by atoms with Gasteiger partial charge >= 0.3 is 0 Å². The minimum Gasteiger partial charge on any atom is -0.359 e. The molecule has 0 atom stereocenters. The van der Waals surface area contributed by atoms with Gasteiger partial charge in [0.15, 0.2) is 0 Å². The molecule has 0 heterocycles. The lowest BCUT2D eigenvalue weighted by atomic mass is 10.1. The highest BCUT2D eigenvalue weighted by atomic mass is 16.7. The van der Waals surface area contributed by atoms with E-state index >= 15 is 0 Å². The minimum atomic E-state index is 0.318. The van der Waals surface area contributed by atoms with Crippen LogP contribution in [0.3, 0.4) is 0 Å². The van der Waals surface area contributed by atoms with Crippen LogP contribution in [0.15, 0.2) is 24.3 Å². The van der Waals surface area contributed by atoms with Crippen LogP contribution >= 0.6 is 0 Å². The topological polar surface area (TPSA) is 36.9 Å². The van der Waals surface area contributed by atoms with E-state index in [-0.39, 0.29) is 0 Å². The van der Waals surface area contributed by atoms with Gasteiger partial charge < -0.3 is 18.9 Å². The van der Waals surface area contributed by atoms with Gasteiger partial charge in [0.05, 0.1) is 13.2 Å². The van der Waals surface area contributed by atoms with Crippen molar-refractivity contribution >= 4 is 0 Å². The summed E-state index contributed by atoms with van der Waals surface area (Å²) in [6.45, 7) is 1.76. The molecular formula is C12H18O4. The molecule has 0 aliphatic heterocycles.